The highest BCUT2D eigenvalue weighted by atomic mass is 16.2. The van der Waals surface area contributed by atoms with E-state index in [1.165, 1.54) is 0 Å². The van der Waals surface area contributed by atoms with Gasteiger partial charge in [-0.1, -0.05) is 36.4 Å². The highest BCUT2D eigenvalue weighted by Gasteiger charge is 2.24. The first-order valence-electron chi connectivity index (χ1n) is 10.9. The van der Waals surface area contributed by atoms with Crippen LogP contribution in [-0.2, 0) is 13.1 Å². The molecule has 7 heteroatoms. The molecule has 1 aliphatic carbocycles. The van der Waals surface area contributed by atoms with Gasteiger partial charge in [0.15, 0.2) is 5.82 Å². The topological polar surface area (TPSA) is 79.3 Å². The number of hydrogen-bond acceptors (Lipinski definition) is 5. The highest BCUT2D eigenvalue weighted by Crippen LogP contribution is 2.21. The number of amides is 1. The van der Waals surface area contributed by atoms with Crippen molar-refractivity contribution in [3.05, 3.63) is 87.5 Å². The van der Waals surface area contributed by atoms with Crippen molar-refractivity contribution < 1.29 is 4.79 Å². The molecule has 1 amide bonds. The molecule has 0 bridgehead atoms. The molecule has 32 heavy (non-hydrogen) atoms. The maximum Gasteiger partial charge on any atom is 0.297 e. The van der Waals surface area contributed by atoms with E-state index in [0.29, 0.717) is 30.2 Å². The Kier molecular flexibility index (Phi) is 6.37. The number of nitrogens with zero attached hydrogens (tertiary/aromatic N) is 3. The van der Waals surface area contributed by atoms with E-state index in [0.717, 1.165) is 29.7 Å². The van der Waals surface area contributed by atoms with E-state index < -0.39 is 0 Å². The summed E-state index contributed by atoms with van der Waals surface area (Å²) < 4.78 is 1.60. The molecule has 0 spiro atoms. The van der Waals surface area contributed by atoms with Crippen molar-refractivity contribution in [1.82, 2.24) is 19.8 Å². The first-order chi connectivity index (χ1) is 15.4. The number of anilines is 1. The Balaban J connectivity index is 1.72. The lowest BCUT2D eigenvalue weighted by Gasteiger charge is -2.17. The molecule has 1 aliphatic rings. The molecule has 4 rings (SSSR count). The van der Waals surface area contributed by atoms with Crippen LogP contribution in [0.2, 0.25) is 0 Å². The lowest BCUT2D eigenvalue weighted by molar-refractivity contribution is 0.0951. The Bertz CT molecular complexity index is 1170. The second-order valence-corrected chi connectivity index (χ2v) is 8.58. The van der Waals surface area contributed by atoms with Crippen LogP contribution in [0, 0.1) is 6.92 Å². The van der Waals surface area contributed by atoms with Crippen LogP contribution in [0.5, 0.6) is 0 Å². The maximum absolute atomic E-state index is 13.4. The van der Waals surface area contributed by atoms with Crippen molar-refractivity contribution in [1.29, 1.82) is 0 Å². The van der Waals surface area contributed by atoms with E-state index >= 15 is 0 Å². The molecule has 1 heterocycles. The first-order valence-corrected chi connectivity index (χ1v) is 10.9. The third-order valence-corrected chi connectivity index (χ3v) is 5.38. The second kappa shape index (κ2) is 9.36. The third kappa shape index (κ3) is 5.23. The highest BCUT2D eigenvalue weighted by molar-refractivity contribution is 5.95. The normalized spacial score (nSPS) is 13.2. The third-order valence-electron chi connectivity index (χ3n) is 5.38. The Morgan fingerprint density at radius 2 is 1.91 bits per heavy atom. The van der Waals surface area contributed by atoms with Crippen LogP contribution in [0.1, 0.15) is 40.0 Å². The van der Waals surface area contributed by atoms with Crippen LogP contribution in [-0.4, -0.2) is 40.5 Å². The van der Waals surface area contributed by atoms with E-state index in [1.54, 1.807) is 22.9 Å². The van der Waals surface area contributed by atoms with Gasteiger partial charge in [0.2, 0.25) is 0 Å². The van der Waals surface area contributed by atoms with Crippen molar-refractivity contribution in [2.24, 2.45) is 0 Å². The second-order valence-electron chi connectivity index (χ2n) is 8.58. The average molecular weight is 432 g/mol. The van der Waals surface area contributed by atoms with Gasteiger partial charge in [0.1, 0.15) is 0 Å². The summed E-state index contributed by atoms with van der Waals surface area (Å²) in [4.78, 5) is 32.5. The number of nitrogens with one attached hydrogen (secondary N) is 2. The molecule has 3 aromatic rings. The monoisotopic (exact) mass is 431 g/mol. The summed E-state index contributed by atoms with van der Waals surface area (Å²) in [6.07, 6.45) is 3.82. The van der Waals surface area contributed by atoms with Crippen molar-refractivity contribution in [2.45, 2.75) is 38.9 Å². The number of hydrogen-bond donors (Lipinski definition) is 2. The molecule has 7 nitrogen and oxygen atoms in total. The molecular weight excluding hydrogens is 402 g/mol. The van der Waals surface area contributed by atoms with Gasteiger partial charge in [0.05, 0.1) is 11.4 Å². The Morgan fingerprint density at radius 1 is 1.16 bits per heavy atom. The molecule has 0 radical (unpaired) electrons. The fraction of sp³-hybridized carbons (Fsp3) is 0.320. The minimum atomic E-state index is -0.244. The summed E-state index contributed by atoms with van der Waals surface area (Å²) in [6.45, 7) is 3.02. The predicted molar refractivity (Wildman–Crippen MR) is 126 cm³/mol. The summed E-state index contributed by atoms with van der Waals surface area (Å²) in [5.41, 5.74) is 3.72. The van der Waals surface area contributed by atoms with E-state index in [-0.39, 0.29) is 17.5 Å². The first kappa shape index (κ1) is 21.8. The Labute approximate surface area is 188 Å². The van der Waals surface area contributed by atoms with Crippen LogP contribution < -0.4 is 16.2 Å². The summed E-state index contributed by atoms with van der Waals surface area (Å²) in [5.74, 6) is 0.187. The zero-order valence-corrected chi connectivity index (χ0v) is 18.8. The Hall–Kier alpha value is -3.45. The zero-order valence-electron chi connectivity index (χ0n) is 18.8. The molecule has 2 aromatic carbocycles. The lowest BCUT2D eigenvalue weighted by atomic mass is 10.1. The average Bonchev–Trinajstić information content (AvgIpc) is 3.58. The molecule has 1 fully saturated rings. The van der Waals surface area contributed by atoms with Crippen molar-refractivity contribution in [3.8, 4) is 5.69 Å². The summed E-state index contributed by atoms with van der Waals surface area (Å²) in [6, 6.07) is 15.6. The van der Waals surface area contributed by atoms with Crippen LogP contribution >= 0.6 is 0 Å². The minimum absolute atomic E-state index is 0.105. The van der Waals surface area contributed by atoms with Gasteiger partial charge in [-0.3, -0.25) is 14.2 Å². The predicted octanol–water partition coefficient (Wildman–Crippen LogP) is 3.11. The molecule has 1 aromatic heterocycles. The lowest BCUT2D eigenvalue weighted by Crippen LogP contribution is -2.28. The largest absolute Gasteiger partial charge is 0.361 e. The van der Waals surface area contributed by atoms with E-state index in [1.807, 2.05) is 62.3 Å². The van der Waals surface area contributed by atoms with Gasteiger partial charge >= 0.3 is 0 Å². The van der Waals surface area contributed by atoms with Crippen LogP contribution in [0.15, 0.2) is 59.5 Å². The van der Waals surface area contributed by atoms with E-state index in [2.05, 4.69) is 15.6 Å². The number of aromatic nitrogens is 2. The summed E-state index contributed by atoms with van der Waals surface area (Å²) in [5, 5.41) is 6.21. The van der Waals surface area contributed by atoms with E-state index in [9.17, 15) is 9.59 Å². The molecule has 0 aliphatic heterocycles. The van der Waals surface area contributed by atoms with Crippen molar-refractivity contribution >= 4 is 11.7 Å². The van der Waals surface area contributed by atoms with Crippen molar-refractivity contribution in [2.75, 3.05) is 19.4 Å². The van der Waals surface area contributed by atoms with Gasteiger partial charge in [-0.15, -0.1) is 0 Å². The SMILES string of the molecule is Cc1ccc(C(=O)NC2CC2)cc1-n1cc(CN(C)C)nc(NCc2ccccc2)c1=O. The van der Waals surface area contributed by atoms with Gasteiger partial charge in [-0.2, -0.15) is 0 Å². The number of carbonyl (C=O) groups is 1. The zero-order chi connectivity index (χ0) is 22.7. The van der Waals surface area contributed by atoms with Crippen LogP contribution in [0.25, 0.3) is 5.69 Å². The van der Waals surface area contributed by atoms with Gasteiger partial charge in [0, 0.05) is 30.9 Å². The standard InChI is InChI=1S/C25H29N5O2/c1-17-9-10-19(24(31)28-20-11-12-20)13-22(17)30-16-21(15-29(2)3)27-23(25(30)32)26-14-18-7-5-4-6-8-18/h4-10,13,16,20H,11-12,14-15H2,1-3H3,(H,26,27)(H,28,31). The number of rotatable bonds is 8. The van der Waals surface area contributed by atoms with Crippen LogP contribution in [0.3, 0.4) is 0 Å². The van der Waals surface area contributed by atoms with Gasteiger partial charge in [0.25, 0.3) is 11.5 Å². The molecule has 0 unspecified atom stereocenters. The van der Waals surface area contributed by atoms with Gasteiger partial charge in [-0.05, 0) is 57.1 Å². The molecule has 0 atom stereocenters. The maximum atomic E-state index is 13.4. The number of benzene rings is 2. The van der Waals surface area contributed by atoms with Gasteiger partial charge in [-0.25, -0.2) is 4.98 Å². The number of aryl methyl sites for hydroxylation is 1. The summed E-state index contributed by atoms with van der Waals surface area (Å²) >= 11 is 0. The molecule has 166 valence electrons. The molecule has 2 N–H and O–H groups in total. The minimum Gasteiger partial charge on any atom is -0.361 e. The molecular formula is C25H29N5O2. The van der Waals surface area contributed by atoms with Crippen LogP contribution in [0.4, 0.5) is 5.82 Å². The number of carbonyl (C=O) groups excluding carboxylic acids is 1. The quantitative estimate of drug-likeness (QED) is 0.573. The fourth-order valence-corrected chi connectivity index (χ4v) is 3.52. The Morgan fingerprint density at radius 3 is 2.59 bits per heavy atom. The fourth-order valence-electron chi connectivity index (χ4n) is 3.52. The van der Waals surface area contributed by atoms with Crippen molar-refractivity contribution in [3.63, 3.8) is 0 Å². The summed E-state index contributed by atoms with van der Waals surface area (Å²) in [7, 11) is 3.92. The van der Waals surface area contributed by atoms with E-state index in [4.69, 9.17) is 0 Å². The smallest absolute Gasteiger partial charge is 0.297 e. The molecule has 1 saturated carbocycles. The molecule has 0 saturated heterocycles. The van der Waals surface area contributed by atoms with Gasteiger partial charge < -0.3 is 15.5 Å².